The minimum Gasteiger partial charge on any atom is -0.493 e. The zero-order valence-corrected chi connectivity index (χ0v) is 14.4. The Morgan fingerprint density at radius 1 is 1.04 bits per heavy atom. The standard InChI is InChI=1S/C20H18N2O4/c1-13(23)21-15-6-4-7-16(12-15)22-19(24)10-9-17-11-14-5-3-8-18(25-2)20(14)26-17/h3-12H,1-2H3,(H,21,23)(H,22,24). The van der Waals surface area contributed by atoms with Crippen molar-refractivity contribution in [3.8, 4) is 5.75 Å². The Balaban J connectivity index is 1.71. The maximum absolute atomic E-state index is 12.1. The molecule has 6 nitrogen and oxygen atoms in total. The molecule has 3 aromatic rings. The molecule has 2 amide bonds. The van der Waals surface area contributed by atoms with Gasteiger partial charge in [0.15, 0.2) is 11.3 Å². The molecule has 0 spiro atoms. The molecule has 2 aromatic carbocycles. The zero-order chi connectivity index (χ0) is 18.5. The molecule has 0 aliphatic rings. The van der Waals surface area contributed by atoms with Gasteiger partial charge in [0.25, 0.3) is 0 Å². The SMILES string of the molecule is COc1cccc2cc(C=CC(=O)Nc3cccc(NC(C)=O)c3)oc12. The molecule has 0 aliphatic carbocycles. The average molecular weight is 350 g/mol. The van der Waals surface area contributed by atoms with Gasteiger partial charge in [0.05, 0.1) is 7.11 Å². The molecular weight excluding hydrogens is 332 g/mol. The summed E-state index contributed by atoms with van der Waals surface area (Å²) in [6, 6.07) is 14.3. The zero-order valence-electron chi connectivity index (χ0n) is 14.4. The first-order chi connectivity index (χ1) is 12.5. The third-order valence-corrected chi connectivity index (χ3v) is 3.60. The molecule has 1 aromatic heterocycles. The maximum Gasteiger partial charge on any atom is 0.248 e. The predicted octanol–water partition coefficient (Wildman–Crippen LogP) is 4.05. The Hall–Kier alpha value is -3.54. The van der Waals surface area contributed by atoms with E-state index in [0.29, 0.717) is 28.5 Å². The van der Waals surface area contributed by atoms with Gasteiger partial charge in [0, 0.05) is 29.8 Å². The van der Waals surface area contributed by atoms with E-state index in [0.717, 1.165) is 5.39 Å². The van der Waals surface area contributed by atoms with E-state index in [1.165, 1.54) is 13.0 Å². The van der Waals surface area contributed by atoms with Crippen molar-refractivity contribution in [1.82, 2.24) is 0 Å². The van der Waals surface area contributed by atoms with Gasteiger partial charge in [-0.25, -0.2) is 0 Å². The molecule has 0 saturated heterocycles. The van der Waals surface area contributed by atoms with Crippen LogP contribution in [0.3, 0.4) is 0 Å². The summed E-state index contributed by atoms with van der Waals surface area (Å²) in [5.41, 5.74) is 1.83. The number of furan rings is 1. The smallest absolute Gasteiger partial charge is 0.248 e. The van der Waals surface area contributed by atoms with Crippen LogP contribution in [-0.4, -0.2) is 18.9 Å². The van der Waals surface area contributed by atoms with Crippen LogP contribution in [0, 0.1) is 0 Å². The van der Waals surface area contributed by atoms with Gasteiger partial charge in [-0.05, 0) is 36.4 Å². The Labute approximate surface area is 150 Å². The van der Waals surface area contributed by atoms with Gasteiger partial charge in [-0.15, -0.1) is 0 Å². The molecule has 0 saturated carbocycles. The lowest BCUT2D eigenvalue weighted by molar-refractivity contribution is -0.114. The summed E-state index contributed by atoms with van der Waals surface area (Å²) in [7, 11) is 1.58. The van der Waals surface area contributed by atoms with Crippen LogP contribution in [0.5, 0.6) is 5.75 Å². The van der Waals surface area contributed by atoms with Gasteiger partial charge in [0.2, 0.25) is 11.8 Å². The van der Waals surface area contributed by atoms with E-state index in [4.69, 9.17) is 9.15 Å². The van der Waals surface area contributed by atoms with Crippen molar-refractivity contribution >= 4 is 40.2 Å². The number of anilines is 2. The summed E-state index contributed by atoms with van der Waals surface area (Å²) in [4.78, 5) is 23.2. The average Bonchev–Trinajstić information content (AvgIpc) is 3.02. The second-order valence-electron chi connectivity index (χ2n) is 5.61. The third-order valence-electron chi connectivity index (χ3n) is 3.60. The molecule has 1 heterocycles. The quantitative estimate of drug-likeness (QED) is 0.680. The molecule has 3 rings (SSSR count). The van der Waals surface area contributed by atoms with Crippen molar-refractivity contribution in [2.45, 2.75) is 6.92 Å². The number of ether oxygens (including phenoxy) is 1. The van der Waals surface area contributed by atoms with E-state index < -0.39 is 0 Å². The van der Waals surface area contributed by atoms with Gasteiger partial charge in [0.1, 0.15) is 5.76 Å². The van der Waals surface area contributed by atoms with Crippen molar-refractivity contribution in [2.75, 3.05) is 17.7 Å². The maximum atomic E-state index is 12.1. The van der Waals surface area contributed by atoms with Crippen LogP contribution >= 0.6 is 0 Å². The van der Waals surface area contributed by atoms with Gasteiger partial charge >= 0.3 is 0 Å². The number of benzene rings is 2. The van der Waals surface area contributed by atoms with Crippen LogP contribution in [0.2, 0.25) is 0 Å². The van der Waals surface area contributed by atoms with Crippen molar-refractivity contribution in [3.05, 3.63) is 60.4 Å². The molecule has 2 N–H and O–H groups in total. The first-order valence-electron chi connectivity index (χ1n) is 7.98. The number of nitrogens with one attached hydrogen (secondary N) is 2. The van der Waals surface area contributed by atoms with Gasteiger partial charge < -0.3 is 19.8 Å². The fraction of sp³-hybridized carbons (Fsp3) is 0.100. The second kappa shape index (κ2) is 7.57. The van der Waals surface area contributed by atoms with Gasteiger partial charge in [-0.3, -0.25) is 9.59 Å². The van der Waals surface area contributed by atoms with Crippen molar-refractivity contribution in [2.24, 2.45) is 0 Å². The summed E-state index contributed by atoms with van der Waals surface area (Å²) < 4.78 is 11.0. The number of fused-ring (bicyclic) bond motifs is 1. The van der Waals surface area contributed by atoms with E-state index in [1.54, 1.807) is 37.5 Å². The third kappa shape index (κ3) is 4.10. The first kappa shape index (κ1) is 17.3. The van der Waals surface area contributed by atoms with Crippen LogP contribution in [0.25, 0.3) is 17.0 Å². The number of rotatable bonds is 5. The lowest BCUT2D eigenvalue weighted by Crippen LogP contribution is -2.09. The van der Waals surface area contributed by atoms with Crippen LogP contribution in [0.15, 0.2) is 59.0 Å². The molecule has 0 fully saturated rings. The van der Waals surface area contributed by atoms with E-state index in [-0.39, 0.29) is 11.8 Å². The number of carbonyl (C=O) groups excluding carboxylic acids is 2. The largest absolute Gasteiger partial charge is 0.493 e. The molecule has 26 heavy (non-hydrogen) atoms. The van der Waals surface area contributed by atoms with Gasteiger partial charge in [-0.1, -0.05) is 18.2 Å². The number of para-hydroxylation sites is 1. The summed E-state index contributed by atoms with van der Waals surface area (Å²) in [5.74, 6) is 0.708. The normalized spacial score (nSPS) is 10.8. The lowest BCUT2D eigenvalue weighted by Gasteiger charge is -2.05. The minimum absolute atomic E-state index is 0.173. The van der Waals surface area contributed by atoms with E-state index >= 15 is 0 Å². The molecule has 0 unspecified atom stereocenters. The Kier molecular flexibility index (Phi) is 5.03. The van der Waals surface area contributed by atoms with Crippen molar-refractivity contribution < 1.29 is 18.7 Å². The van der Waals surface area contributed by atoms with E-state index in [9.17, 15) is 9.59 Å². The molecule has 6 heteroatoms. The molecule has 0 radical (unpaired) electrons. The number of amides is 2. The van der Waals surface area contributed by atoms with Crippen LogP contribution in [-0.2, 0) is 9.59 Å². The number of methoxy groups -OCH3 is 1. The molecule has 0 aliphatic heterocycles. The lowest BCUT2D eigenvalue weighted by atomic mass is 10.2. The fourth-order valence-corrected chi connectivity index (χ4v) is 2.52. The second-order valence-corrected chi connectivity index (χ2v) is 5.61. The monoisotopic (exact) mass is 350 g/mol. The Morgan fingerprint density at radius 3 is 2.50 bits per heavy atom. The fourth-order valence-electron chi connectivity index (χ4n) is 2.52. The van der Waals surface area contributed by atoms with Crippen LogP contribution in [0.1, 0.15) is 12.7 Å². The van der Waals surface area contributed by atoms with E-state index in [2.05, 4.69) is 10.6 Å². The van der Waals surface area contributed by atoms with E-state index in [1.807, 2.05) is 24.3 Å². The molecular formula is C20H18N2O4. The highest BCUT2D eigenvalue weighted by Crippen LogP contribution is 2.28. The highest BCUT2D eigenvalue weighted by Gasteiger charge is 2.07. The predicted molar refractivity (Wildman–Crippen MR) is 101 cm³/mol. The summed E-state index contributed by atoms with van der Waals surface area (Å²) in [6.45, 7) is 1.43. The topological polar surface area (TPSA) is 80.6 Å². The number of hydrogen-bond acceptors (Lipinski definition) is 4. The summed E-state index contributed by atoms with van der Waals surface area (Å²) in [6.07, 6.45) is 2.97. The Bertz CT molecular complexity index is 988. The van der Waals surface area contributed by atoms with Crippen LogP contribution in [0.4, 0.5) is 11.4 Å². The number of carbonyl (C=O) groups is 2. The van der Waals surface area contributed by atoms with Crippen LogP contribution < -0.4 is 15.4 Å². The van der Waals surface area contributed by atoms with Crippen molar-refractivity contribution in [1.29, 1.82) is 0 Å². The highest BCUT2D eigenvalue weighted by atomic mass is 16.5. The minimum atomic E-state index is -0.308. The Morgan fingerprint density at radius 2 is 1.77 bits per heavy atom. The first-order valence-corrected chi connectivity index (χ1v) is 7.98. The van der Waals surface area contributed by atoms with Crippen molar-refractivity contribution in [3.63, 3.8) is 0 Å². The summed E-state index contributed by atoms with van der Waals surface area (Å²) in [5, 5.41) is 6.30. The number of hydrogen-bond donors (Lipinski definition) is 2. The molecule has 0 bridgehead atoms. The molecule has 0 atom stereocenters. The highest BCUT2D eigenvalue weighted by molar-refractivity contribution is 6.02. The summed E-state index contributed by atoms with van der Waals surface area (Å²) >= 11 is 0. The van der Waals surface area contributed by atoms with Gasteiger partial charge in [-0.2, -0.15) is 0 Å². The molecule has 132 valence electrons.